The minimum atomic E-state index is -0.613. The van der Waals surface area contributed by atoms with E-state index in [1.807, 2.05) is 0 Å². The minimum absolute atomic E-state index is 0.147. The van der Waals surface area contributed by atoms with Gasteiger partial charge in [-0.2, -0.15) is 4.98 Å². The molecule has 0 bridgehead atoms. The number of halogens is 2. The van der Waals surface area contributed by atoms with Crippen molar-refractivity contribution in [3.05, 3.63) is 53.6 Å². The van der Waals surface area contributed by atoms with Gasteiger partial charge in [0.15, 0.2) is 5.58 Å². The first-order valence-corrected chi connectivity index (χ1v) is 5.96. The molecule has 3 aromatic rings. The third-order valence-electron chi connectivity index (χ3n) is 2.86. The number of nitrogens with one attached hydrogen (secondary N) is 1. The Balaban J connectivity index is 1.79. The molecule has 3 rings (SSSR count). The molecule has 0 radical (unpaired) electrons. The standard InChI is InChI=1S/C14H11F2N3O/c15-9-2-1-8(11(16)5-9)7-18-14-19-12-6-10(17)3-4-13(12)20-14/h1-6H,7,17H2,(H,18,19). The number of oxazole rings is 1. The smallest absolute Gasteiger partial charge is 0.295 e. The van der Waals surface area contributed by atoms with Crippen LogP contribution in [0.15, 0.2) is 40.8 Å². The monoisotopic (exact) mass is 275 g/mol. The normalized spacial score (nSPS) is 10.9. The first-order chi connectivity index (χ1) is 9.61. The number of hydrogen-bond acceptors (Lipinski definition) is 4. The minimum Gasteiger partial charge on any atom is -0.424 e. The molecule has 0 aliphatic carbocycles. The molecule has 0 unspecified atom stereocenters. The van der Waals surface area contributed by atoms with Crippen LogP contribution >= 0.6 is 0 Å². The number of fused-ring (bicyclic) bond motifs is 1. The molecule has 0 aliphatic rings. The molecule has 1 heterocycles. The fourth-order valence-corrected chi connectivity index (χ4v) is 1.86. The summed E-state index contributed by atoms with van der Waals surface area (Å²) in [5.41, 5.74) is 7.76. The molecule has 0 amide bonds. The molecule has 6 heteroatoms. The molecular formula is C14H11F2N3O. The number of nitrogens with zero attached hydrogens (tertiary/aromatic N) is 1. The lowest BCUT2D eigenvalue weighted by Gasteiger charge is -2.03. The molecule has 0 saturated heterocycles. The highest BCUT2D eigenvalue weighted by molar-refractivity contribution is 5.78. The van der Waals surface area contributed by atoms with Crippen LogP contribution in [0, 0.1) is 11.6 Å². The topological polar surface area (TPSA) is 64.1 Å². The van der Waals surface area contributed by atoms with Crippen molar-refractivity contribution in [2.24, 2.45) is 0 Å². The predicted octanol–water partition coefficient (Wildman–Crippen LogP) is 3.30. The molecule has 102 valence electrons. The van der Waals surface area contributed by atoms with E-state index in [4.69, 9.17) is 10.2 Å². The lowest BCUT2D eigenvalue weighted by molar-refractivity contribution is 0.571. The van der Waals surface area contributed by atoms with Gasteiger partial charge in [0.2, 0.25) is 0 Å². The van der Waals surface area contributed by atoms with Crippen molar-refractivity contribution in [3.63, 3.8) is 0 Å². The van der Waals surface area contributed by atoms with Crippen molar-refractivity contribution >= 4 is 22.8 Å². The second-order valence-corrected chi connectivity index (χ2v) is 4.34. The highest BCUT2D eigenvalue weighted by Gasteiger charge is 2.08. The van der Waals surface area contributed by atoms with Crippen LogP contribution in [0.2, 0.25) is 0 Å². The van der Waals surface area contributed by atoms with Crippen LogP contribution < -0.4 is 11.1 Å². The third-order valence-corrected chi connectivity index (χ3v) is 2.86. The van der Waals surface area contributed by atoms with Crippen LogP contribution in [-0.4, -0.2) is 4.98 Å². The first kappa shape index (κ1) is 12.4. The number of anilines is 2. The number of rotatable bonds is 3. The zero-order valence-electron chi connectivity index (χ0n) is 10.4. The number of nitrogen functional groups attached to an aromatic ring is 1. The summed E-state index contributed by atoms with van der Waals surface area (Å²) in [6, 6.07) is 8.77. The summed E-state index contributed by atoms with van der Waals surface area (Å²) >= 11 is 0. The Morgan fingerprint density at radius 2 is 2.00 bits per heavy atom. The van der Waals surface area contributed by atoms with E-state index in [2.05, 4.69) is 10.3 Å². The highest BCUT2D eigenvalue weighted by Crippen LogP contribution is 2.21. The van der Waals surface area contributed by atoms with E-state index in [0.717, 1.165) is 6.07 Å². The van der Waals surface area contributed by atoms with Crippen LogP contribution in [0.1, 0.15) is 5.56 Å². The molecule has 4 nitrogen and oxygen atoms in total. The van der Waals surface area contributed by atoms with Gasteiger partial charge in [-0.3, -0.25) is 0 Å². The molecule has 1 aromatic heterocycles. The molecule has 0 fully saturated rings. The maximum Gasteiger partial charge on any atom is 0.295 e. The van der Waals surface area contributed by atoms with E-state index in [0.29, 0.717) is 22.4 Å². The van der Waals surface area contributed by atoms with E-state index in [9.17, 15) is 8.78 Å². The second-order valence-electron chi connectivity index (χ2n) is 4.34. The lowest BCUT2D eigenvalue weighted by Crippen LogP contribution is -2.02. The Hall–Kier alpha value is -2.63. The fraction of sp³-hybridized carbons (Fsp3) is 0.0714. The summed E-state index contributed by atoms with van der Waals surface area (Å²) in [6.07, 6.45) is 0. The molecule has 0 saturated carbocycles. The predicted molar refractivity (Wildman–Crippen MR) is 72.1 cm³/mol. The van der Waals surface area contributed by atoms with Gasteiger partial charge in [0.25, 0.3) is 6.01 Å². The summed E-state index contributed by atoms with van der Waals surface area (Å²) in [7, 11) is 0. The van der Waals surface area contributed by atoms with Gasteiger partial charge in [-0.25, -0.2) is 8.78 Å². The van der Waals surface area contributed by atoms with Crippen molar-refractivity contribution in [1.29, 1.82) is 0 Å². The second kappa shape index (κ2) is 4.80. The van der Waals surface area contributed by atoms with Gasteiger partial charge in [-0.05, 0) is 24.3 Å². The van der Waals surface area contributed by atoms with Crippen molar-refractivity contribution in [3.8, 4) is 0 Å². The quantitative estimate of drug-likeness (QED) is 0.720. The maximum absolute atomic E-state index is 13.5. The summed E-state index contributed by atoms with van der Waals surface area (Å²) in [5.74, 6) is -1.22. The number of aromatic nitrogens is 1. The lowest BCUT2D eigenvalue weighted by atomic mass is 10.2. The Morgan fingerprint density at radius 1 is 1.15 bits per heavy atom. The van der Waals surface area contributed by atoms with Crippen molar-refractivity contribution in [2.45, 2.75) is 6.54 Å². The van der Waals surface area contributed by atoms with Crippen molar-refractivity contribution in [2.75, 3.05) is 11.1 Å². The Morgan fingerprint density at radius 3 is 2.80 bits per heavy atom. The van der Waals surface area contributed by atoms with E-state index < -0.39 is 11.6 Å². The van der Waals surface area contributed by atoms with Gasteiger partial charge in [0.05, 0.1) is 0 Å². The molecule has 0 aliphatic heterocycles. The van der Waals surface area contributed by atoms with Gasteiger partial charge in [-0.1, -0.05) is 6.07 Å². The fourth-order valence-electron chi connectivity index (χ4n) is 1.86. The highest BCUT2D eigenvalue weighted by atomic mass is 19.1. The SMILES string of the molecule is Nc1ccc2oc(NCc3ccc(F)cc3F)nc2c1. The average Bonchev–Trinajstić information content (AvgIpc) is 2.79. The Kier molecular flexibility index (Phi) is 2.98. The van der Waals surface area contributed by atoms with Crippen LogP contribution in [0.25, 0.3) is 11.1 Å². The maximum atomic E-state index is 13.5. The molecule has 0 atom stereocenters. The number of nitrogens with two attached hydrogens (primary N) is 1. The van der Waals surface area contributed by atoms with E-state index >= 15 is 0 Å². The van der Waals surface area contributed by atoms with Gasteiger partial charge in [0, 0.05) is 23.9 Å². The van der Waals surface area contributed by atoms with Crippen LogP contribution in [-0.2, 0) is 6.54 Å². The van der Waals surface area contributed by atoms with E-state index in [1.54, 1.807) is 18.2 Å². The Labute approximate surface area is 113 Å². The molecule has 0 spiro atoms. The van der Waals surface area contributed by atoms with Crippen molar-refractivity contribution < 1.29 is 13.2 Å². The zero-order chi connectivity index (χ0) is 14.1. The van der Waals surface area contributed by atoms with E-state index in [-0.39, 0.29) is 12.6 Å². The summed E-state index contributed by atoms with van der Waals surface area (Å²) in [5, 5.41) is 2.85. The first-order valence-electron chi connectivity index (χ1n) is 5.96. The summed E-state index contributed by atoms with van der Waals surface area (Å²) in [4.78, 5) is 4.18. The van der Waals surface area contributed by atoms with E-state index in [1.165, 1.54) is 12.1 Å². The van der Waals surface area contributed by atoms with Crippen LogP contribution in [0.3, 0.4) is 0 Å². The van der Waals surface area contributed by atoms with Gasteiger partial charge in [-0.15, -0.1) is 0 Å². The largest absolute Gasteiger partial charge is 0.424 e. The average molecular weight is 275 g/mol. The third kappa shape index (κ3) is 2.40. The molecular weight excluding hydrogens is 264 g/mol. The number of hydrogen-bond donors (Lipinski definition) is 2. The molecule has 3 N–H and O–H groups in total. The zero-order valence-corrected chi connectivity index (χ0v) is 10.4. The molecule has 2 aromatic carbocycles. The van der Waals surface area contributed by atoms with Gasteiger partial charge < -0.3 is 15.5 Å². The van der Waals surface area contributed by atoms with Crippen LogP contribution in [0.4, 0.5) is 20.5 Å². The Bertz CT molecular complexity index is 770. The van der Waals surface area contributed by atoms with Gasteiger partial charge in [0.1, 0.15) is 17.2 Å². The number of benzene rings is 2. The van der Waals surface area contributed by atoms with Crippen molar-refractivity contribution in [1.82, 2.24) is 4.98 Å². The van der Waals surface area contributed by atoms with Crippen LogP contribution in [0.5, 0.6) is 0 Å². The summed E-state index contributed by atoms with van der Waals surface area (Å²) in [6.45, 7) is 0.147. The summed E-state index contributed by atoms with van der Waals surface area (Å²) < 4.78 is 31.7. The van der Waals surface area contributed by atoms with Gasteiger partial charge >= 0.3 is 0 Å². The molecule has 20 heavy (non-hydrogen) atoms.